The Bertz CT molecular complexity index is 1860. The molecule has 270 valence electrons. The summed E-state index contributed by atoms with van der Waals surface area (Å²) in [5, 5.41) is 11.0. The van der Waals surface area contributed by atoms with Gasteiger partial charge in [0.15, 0.2) is 0 Å². The topological polar surface area (TPSA) is 147 Å². The standard InChI is InChI=1S/C36H40F3N7O5/c1-22-11-12-25(42-31(47)23-9-7-10-24(17-23)36(37,38)39)18-28(22)32(48)43-27-20-40-33(41-21-27)44-26-13-14-30(50-16-8-15-46(5)6)29(19-26)45-34(49)51-35(2,3)4/h7,9-14,17-21H,8,15-16H2,1-6H3,(H,42,47)(H,43,48)(H,45,49)(H,40,41,44). The number of rotatable bonds is 12. The Labute approximate surface area is 293 Å². The summed E-state index contributed by atoms with van der Waals surface area (Å²) >= 11 is 0. The molecule has 4 rings (SSSR count). The van der Waals surface area contributed by atoms with Crippen LogP contribution in [0.15, 0.2) is 73.1 Å². The molecule has 0 radical (unpaired) electrons. The fraction of sp³-hybridized carbons (Fsp3) is 0.306. The molecule has 15 heteroatoms. The largest absolute Gasteiger partial charge is 0.491 e. The molecule has 0 bridgehead atoms. The van der Waals surface area contributed by atoms with E-state index in [1.807, 2.05) is 19.0 Å². The summed E-state index contributed by atoms with van der Waals surface area (Å²) in [5.74, 6) is -0.626. The number of benzene rings is 3. The lowest BCUT2D eigenvalue weighted by molar-refractivity contribution is -0.137. The van der Waals surface area contributed by atoms with E-state index in [0.717, 1.165) is 31.2 Å². The number of aromatic nitrogens is 2. The Morgan fingerprint density at radius 3 is 2.18 bits per heavy atom. The van der Waals surface area contributed by atoms with Crippen molar-refractivity contribution >= 4 is 46.6 Å². The molecule has 1 aromatic heterocycles. The maximum atomic E-state index is 13.2. The number of carbonyl (C=O) groups is 3. The van der Waals surface area contributed by atoms with Crippen molar-refractivity contribution in [2.45, 2.75) is 45.9 Å². The highest BCUT2D eigenvalue weighted by atomic mass is 19.4. The van der Waals surface area contributed by atoms with E-state index < -0.39 is 35.2 Å². The van der Waals surface area contributed by atoms with Crippen molar-refractivity contribution in [2.75, 3.05) is 48.5 Å². The second-order valence-electron chi connectivity index (χ2n) is 12.8. The van der Waals surface area contributed by atoms with Crippen LogP contribution in [0.1, 0.15) is 59.0 Å². The third-order valence-electron chi connectivity index (χ3n) is 6.98. The van der Waals surface area contributed by atoms with Gasteiger partial charge in [-0.2, -0.15) is 13.2 Å². The van der Waals surface area contributed by atoms with Crippen LogP contribution in [-0.2, 0) is 10.9 Å². The van der Waals surface area contributed by atoms with Gasteiger partial charge in [0, 0.05) is 29.0 Å². The van der Waals surface area contributed by atoms with E-state index in [0.29, 0.717) is 29.3 Å². The van der Waals surface area contributed by atoms with Crippen molar-refractivity contribution in [3.63, 3.8) is 0 Å². The smallest absolute Gasteiger partial charge is 0.416 e. The first-order valence-electron chi connectivity index (χ1n) is 15.9. The Balaban J connectivity index is 1.42. The number of nitrogens with one attached hydrogen (secondary N) is 4. The molecular weight excluding hydrogens is 667 g/mol. The zero-order valence-electron chi connectivity index (χ0n) is 29.1. The number of alkyl halides is 3. The monoisotopic (exact) mass is 707 g/mol. The maximum absolute atomic E-state index is 13.2. The van der Waals surface area contributed by atoms with Crippen LogP contribution < -0.4 is 26.0 Å². The summed E-state index contributed by atoms with van der Waals surface area (Å²) < 4.78 is 50.6. The van der Waals surface area contributed by atoms with Crippen LogP contribution in [0.4, 0.5) is 46.7 Å². The van der Waals surface area contributed by atoms with Crippen LogP contribution in [0.2, 0.25) is 0 Å². The van der Waals surface area contributed by atoms with E-state index >= 15 is 0 Å². The van der Waals surface area contributed by atoms with Gasteiger partial charge in [0.25, 0.3) is 11.8 Å². The number of hydrogen-bond donors (Lipinski definition) is 4. The van der Waals surface area contributed by atoms with Gasteiger partial charge in [-0.3, -0.25) is 14.9 Å². The molecule has 0 spiro atoms. The molecule has 3 amide bonds. The van der Waals surface area contributed by atoms with Crippen LogP contribution in [0.3, 0.4) is 0 Å². The number of aryl methyl sites for hydroxylation is 1. The third-order valence-corrected chi connectivity index (χ3v) is 6.98. The van der Waals surface area contributed by atoms with Gasteiger partial charge in [0.1, 0.15) is 11.4 Å². The molecule has 0 unspecified atom stereocenters. The number of ether oxygens (including phenoxy) is 2. The number of anilines is 5. The van der Waals surface area contributed by atoms with Gasteiger partial charge in [-0.05, 0) is 102 Å². The Hall–Kier alpha value is -5.70. The quantitative estimate of drug-likeness (QED) is 0.109. The average Bonchev–Trinajstić information content (AvgIpc) is 3.04. The van der Waals surface area contributed by atoms with E-state index in [-0.39, 0.29) is 28.5 Å². The van der Waals surface area contributed by atoms with E-state index in [1.165, 1.54) is 24.5 Å². The van der Waals surface area contributed by atoms with Gasteiger partial charge < -0.3 is 30.3 Å². The first kappa shape index (κ1) is 38.1. The van der Waals surface area contributed by atoms with Crippen molar-refractivity contribution in [1.29, 1.82) is 0 Å². The average molecular weight is 708 g/mol. The fourth-order valence-electron chi connectivity index (χ4n) is 4.58. The molecular formula is C36H40F3N7O5. The van der Waals surface area contributed by atoms with Gasteiger partial charge in [0.2, 0.25) is 5.95 Å². The van der Waals surface area contributed by atoms with Crippen LogP contribution in [0.5, 0.6) is 5.75 Å². The predicted octanol–water partition coefficient (Wildman–Crippen LogP) is 7.73. The highest BCUT2D eigenvalue weighted by Gasteiger charge is 2.31. The minimum Gasteiger partial charge on any atom is -0.491 e. The molecule has 4 N–H and O–H groups in total. The van der Waals surface area contributed by atoms with Crippen molar-refractivity contribution < 1.29 is 37.0 Å². The Morgan fingerprint density at radius 2 is 1.51 bits per heavy atom. The summed E-state index contributed by atoms with van der Waals surface area (Å²) in [5.41, 5.74) is 0.383. The number of amides is 3. The summed E-state index contributed by atoms with van der Waals surface area (Å²) in [6, 6.07) is 13.7. The summed E-state index contributed by atoms with van der Waals surface area (Å²) in [6.45, 7) is 8.25. The lowest BCUT2D eigenvalue weighted by Crippen LogP contribution is -2.27. The molecule has 1 heterocycles. The van der Waals surface area contributed by atoms with E-state index in [1.54, 1.807) is 58.0 Å². The summed E-state index contributed by atoms with van der Waals surface area (Å²) in [6.07, 6.45) is -1.68. The van der Waals surface area contributed by atoms with Crippen molar-refractivity contribution in [3.8, 4) is 5.75 Å². The lowest BCUT2D eigenvalue weighted by Gasteiger charge is -2.21. The molecule has 0 aliphatic carbocycles. The lowest BCUT2D eigenvalue weighted by atomic mass is 10.1. The normalized spacial score (nSPS) is 11.5. The van der Waals surface area contributed by atoms with Gasteiger partial charge in [-0.1, -0.05) is 12.1 Å². The molecule has 0 fully saturated rings. The Kier molecular flexibility index (Phi) is 12.2. The number of carbonyl (C=O) groups excluding carboxylic acids is 3. The number of nitrogens with zero attached hydrogens (tertiary/aromatic N) is 3. The SMILES string of the molecule is Cc1ccc(NC(=O)c2cccc(C(F)(F)F)c2)cc1C(=O)Nc1cnc(Nc2ccc(OCCCN(C)C)c(NC(=O)OC(C)(C)C)c2)nc1. The van der Waals surface area contributed by atoms with Crippen molar-refractivity contribution in [2.24, 2.45) is 0 Å². The van der Waals surface area contributed by atoms with Crippen LogP contribution >= 0.6 is 0 Å². The third kappa shape index (κ3) is 11.7. The van der Waals surface area contributed by atoms with Crippen LogP contribution in [0.25, 0.3) is 0 Å². The first-order chi connectivity index (χ1) is 24.0. The molecule has 0 atom stereocenters. The summed E-state index contributed by atoms with van der Waals surface area (Å²) in [7, 11) is 3.94. The molecule has 0 saturated heterocycles. The van der Waals surface area contributed by atoms with Gasteiger partial charge in [0.05, 0.1) is 35.9 Å². The predicted molar refractivity (Wildman–Crippen MR) is 189 cm³/mol. The molecule has 3 aromatic carbocycles. The van der Waals surface area contributed by atoms with Crippen LogP contribution in [-0.4, -0.2) is 65.6 Å². The minimum absolute atomic E-state index is 0.183. The van der Waals surface area contributed by atoms with E-state index in [9.17, 15) is 27.6 Å². The van der Waals surface area contributed by atoms with E-state index in [4.69, 9.17) is 9.47 Å². The second-order valence-corrected chi connectivity index (χ2v) is 12.8. The summed E-state index contributed by atoms with van der Waals surface area (Å²) in [4.78, 5) is 49.0. The van der Waals surface area contributed by atoms with Crippen molar-refractivity contribution in [1.82, 2.24) is 14.9 Å². The number of hydrogen-bond acceptors (Lipinski definition) is 9. The van der Waals surface area contributed by atoms with Gasteiger partial charge in [-0.15, -0.1) is 0 Å². The highest BCUT2D eigenvalue weighted by Crippen LogP contribution is 2.31. The first-order valence-corrected chi connectivity index (χ1v) is 15.9. The molecule has 4 aromatic rings. The molecule has 0 saturated carbocycles. The fourth-order valence-corrected chi connectivity index (χ4v) is 4.58. The van der Waals surface area contributed by atoms with Crippen molar-refractivity contribution in [3.05, 3.63) is 95.3 Å². The van der Waals surface area contributed by atoms with Gasteiger partial charge in [-0.25, -0.2) is 14.8 Å². The molecule has 51 heavy (non-hydrogen) atoms. The molecule has 0 aliphatic heterocycles. The minimum atomic E-state index is -4.60. The molecule has 12 nitrogen and oxygen atoms in total. The van der Waals surface area contributed by atoms with Crippen LogP contribution in [0, 0.1) is 6.92 Å². The van der Waals surface area contributed by atoms with Gasteiger partial charge >= 0.3 is 12.3 Å². The Morgan fingerprint density at radius 1 is 0.824 bits per heavy atom. The molecule has 0 aliphatic rings. The second kappa shape index (κ2) is 16.3. The maximum Gasteiger partial charge on any atom is 0.416 e. The zero-order chi connectivity index (χ0) is 37.3. The highest BCUT2D eigenvalue weighted by molar-refractivity contribution is 6.08. The zero-order valence-corrected chi connectivity index (χ0v) is 29.1. The number of halogens is 3. The van der Waals surface area contributed by atoms with E-state index in [2.05, 4.69) is 31.2 Å².